The molecule has 0 aromatic carbocycles. The molecule has 3 fully saturated rings. The average Bonchev–Trinajstić information content (AvgIpc) is 2.74. The van der Waals surface area contributed by atoms with Gasteiger partial charge < -0.3 is 10.6 Å². The van der Waals surface area contributed by atoms with Gasteiger partial charge in [0.2, 0.25) is 0 Å². The summed E-state index contributed by atoms with van der Waals surface area (Å²) in [4.78, 5) is 11.5. The Balaban J connectivity index is 1.49. The molecule has 78 valence electrons. The third-order valence-corrected chi connectivity index (χ3v) is 3.97. The number of nitrogens with one attached hydrogen (secondary N) is 2. The minimum Gasteiger partial charge on any atom is -0.335 e. The SMILES string of the molecule is O=C(NC1CC1)NC1CC2CCC1C2. The molecule has 2 bridgehead atoms. The lowest BCUT2D eigenvalue weighted by Crippen LogP contribution is -2.45. The summed E-state index contributed by atoms with van der Waals surface area (Å²) < 4.78 is 0. The maximum Gasteiger partial charge on any atom is 0.315 e. The first kappa shape index (κ1) is 8.57. The summed E-state index contributed by atoms with van der Waals surface area (Å²) in [6, 6.07) is 1.03. The monoisotopic (exact) mass is 194 g/mol. The summed E-state index contributed by atoms with van der Waals surface area (Å²) in [7, 11) is 0. The molecule has 3 atom stereocenters. The number of urea groups is 1. The molecular weight excluding hydrogens is 176 g/mol. The lowest BCUT2D eigenvalue weighted by Gasteiger charge is -2.22. The number of fused-ring (bicyclic) bond motifs is 2. The Morgan fingerprint density at radius 1 is 1.00 bits per heavy atom. The highest BCUT2D eigenvalue weighted by atomic mass is 16.2. The standard InChI is InChI=1S/C11H18N2O/c14-11(12-9-3-4-9)13-10-6-7-1-2-8(10)5-7/h7-10H,1-6H2,(H2,12,13,14). The van der Waals surface area contributed by atoms with Crippen LogP contribution < -0.4 is 10.6 Å². The van der Waals surface area contributed by atoms with Gasteiger partial charge in [-0.2, -0.15) is 0 Å². The highest BCUT2D eigenvalue weighted by molar-refractivity contribution is 5.75. The first-order valence-corrected chi connectivity index (χ1v) is 5.88. The van der Waals surface area contributed by atoms with Crippen molar-refractivity contribution in [1.29, 1.82) is 0 Å². The zero-order valence-corrected chi connectivity index (χ0v) is 8.46. The van der Waals surface area contributed by atoms with Gasteiger partial charge in [-0.05, 0) is 43.9 Å². The summed E-state index contributed by atoms with van der Waals surface area (Å²) in [5, 5.41) is 6.12. The lowest BCUT2D eigenvalue weighted by molar-refractivity contribution is 0.230. The third-order valence-electron chi connectivity index (χ3n) is 3.97. The minimum absolute atomic E-state index is 0.0741. The molecule has 0 heterocycles. The third kappa shape index (κ3) is 1.60. The molecule has 0 aromatic rings. The van der Waals surface area contributed by atoms with Gasteiger partial charge in [0.05, 0.1) is 0 Å². The van der Waals surface area contributed by atoms with Gasteiger partial charge in [-0.15, -0.1) is 0 Å². The second kappa shape index (κ2) is 3.14. The van der Waals surface area contributed by atoms with Crippen LogP contribution in [0.4, 0.5) is 4.79 Å². The van der Waals surface area contributed by atoms with Gasteiger partial charge in [0.25, 0.3) is 0 Å². The van der Waals surface area contributed by atoms with Crippen molar-refractivity contribution in [3.63, 3.8) is 0 Å². The first-order valence-electron chi connectivity index (χ1n) is 5.88. The molecule has 3 rings (SSSR count). The summed E-state index contributed by atoms with van der Waals surface area (Å²) in [6.07, 6.45) is 7.65. The van der Waals surface area contributed by atoms with Crippen molar-refractivity contribution >= 4 is 6.03 Å². The van der Waals surface area contributed by atoms with E-state index in [2.05, 4.69) is 10.6 Å². The minimum atomic E-state index is 0.0741. The van der Waals surface area contributed by atoms with Crippen LogP contribution in [0.2, 0.25) is 0 Å². The van der Waals surface area contributed by atoms with Crippen LogP contribution in [0.3, 0.4) is 0 Å². The molecule has 3 heteroatoms. The smallest absolute Gasteiger partial charge is 0.315 e. The summed E-state index contributed by atoms with van der Waals surface area (Å²) in [6.45, 7) is 0. The Hall–Kier alpha value is -0.730. The van der Waals surface area contributed by atoms with E-state index in [1.165, 1.54) is 38.5 Å². The Kier molecular flexibility index (Phi) is 1.92. The summed E-state index contributed by atoms with van der Waals surface area (Å²) in [5.41, 5.74) is 0. The van der Waals surface area contributed by atoms with E-state index >= 15 is 0 Å². The molecule has 0 spiro atoms. The topological polar surface area (TPSA) is 41.1 Å². The van der Waals surface area contributed by atoms with Crippen molar-refractivity contribution in [2.45, 2.75) is 50.6 Å². The van der Waals surface area contributed by atoms with Gasteiger partial charge >= 0.3 is 6.03 Å². The number of carbonyl (C=O) groups excluding carboxylic acids is 1. The molecule has 3 nitrogen and oxygen atoms in total. The molecule has 2 amide bonds. The maximum absolute atomic E-state index is 11.5. The summed E-state index contributed by atoms with van der Waals surface area (Å²) in [5.74, 6) is 1.69. The van der Waals surface area contributed by atoms with Crippen LogP contribution in [-0.2, 0) is 0 Å². The normalized spacial score (nSPS) is 39.9. The molecular formula is C11H18N2O. The number of carbonyl (C=O) groups is 1. The van der Waals surface area contributed by atoms with Crippen LogP contribution in [0.15, 0.2) is 0 Å². The van der Waals surface area contributed by atoms with Crippen molar-refractivity contribution in [2.75, 3.05) is 0 Å². The van der Waals surface area contributed by atoms with Crippen molar-refractivity contribution < 1.29 is 4.79 Å². The van der Waals surface area contributed by atoms with Gasteiger partial charge in [0, 0.05) is 12.1 Å². The van der Waals surface area contributed by atoms with E-state index in [0.717, 1.165) is 11.8 Å². The lowest BCUT2D eigenvalue weighted by atomic mass is 9.95. The Morgan fingerprint density at radius 3 is 2.43 bits per heavy atom. The number of amides is 2. The fourth-order valence-electron chi connectivity index (χ4n) is 3.04. The number of rotatable bonds is 2. The maximum atomic E-state index is 11.5. The molecule has 3 unspecified atom stereocenters. The molecule has 2 N–H and O–H groups in total. The van der Waals surface area contributed by atoms with Crippen LogP contribution in [0.5, 0.6) is 0 Å². The van der Waals surface area contributed by atoms with Crippen LogP contribution >= 0.6 is 0 Å². The zero-order valence-electron chi connectivity index (χ0n) is 8.46. The zero-order chi connectivity index (χ0) is 9.54. The molecule has 3 aliphatic rings. The van der Waals surface area contributed by atoms with Crippen LogP contribution in [0.25, 0.3) is 0 Å². The quantitative estimate of drug-likeness (QED) is 0.689. The predicted molar refractivity (Wildman–Crippen MR) is 53.9 cm³/mol. The Bertz CT molecular complexity index is 250. The fourth-order valence-corrected chi connectivity index (χ4v) is 3.04. The van der Waals surface area contributed by atoms with Gasteiger partial charge in [-0.1, -0.05) is 6.42 Å². The predicted octanol–water partition coefficient (Wildman–Crippen LogP) is 1.64. The van der Waals surface area contributed by atoms with E-state index in [4.69, 9.17) is 0 Å². The first-order chi connectivity index (χ1) is 6.81. The van der Waals surface area contributed by atoms with E-state index in [-0.39, 0.29) is 6.03 Å². The second-order valence-electron chi connectivity index (χ2n) is 5.17. The molecule has 0 aromatic heterocycles. The van der Waals surface area contributed by atoms with Crippen molar-refractivity contribution in [3.05, 3.63) is 0 Å². The van der Waals surface area contributed by atoms with E-state index in [9.17, 15) is 4.79 Å². The van der Waals surface area contributed by atoms with Gasteiger partial charge in [-0.3, -0.25) is 0 Å². The average molecular weight is 194 g/mol. The molecule has 14 heavy (non-hydrogen) atoms. The van der Waals surface area contributed by atoms with Gasteiger partial charge in [0.1, 0.15) is 0 Å². The molecule has 3 aliphatic carbocycles. The van der Waals surface area contributed by atoms with Crippen molar-refractivity contribution in [1.82, 2.24) is 10.6 Å². The largest absolute Gasteiger partial charge is 0.335 e. The van der Waals surface area contributed by atoms with Crippen molar-refractivity contribution in [3.8, 4) is 0 Å². The molecule has 0 aliphatic heterocycles. The van der Waals surface area contributed by atoms with Gasteiger partial charge in [0.15, 0.2) is 0 Å². The highest BCUT2D eigenvalue weighted by Crippen LogP contribution is 2.44. The number of hydrogen-bond acceptors (Lipinski definition) is 1. The van der Waals surface area contributed by atoms with Crippen LogP contribution in [0, 0.1) is 11.8 Å². The molecule has 0 radical (unpaired) electrons. The fraction of sp³-hybridized carbons (Fsp3) is 0.909. The van der Waals surface area contributed by atoms with E-state index < -0.39 is 0 Å². The van der Waals surface area contributed by atoms with Crippen LogP contribution in [-0.4, -0.2) is 18.1 Å². The van der Waals surface area contributed by atoms with Crippen molar-refractivity contribution in [2.24, 2.45) is 11.8 Å². The Labute approximate surface area is 84.6 Å². The van der Waals surface area contributed by atoms with Crippen LogP contribution in [0.1, 0.15) is 38.5 Å². The second-order valence-corrected chi connectivity index (χ2v) is 5.17. The summed E-state index contributed by atoms with van der Waals surface area (Å²) >= 11 is 0. The number of hydrogen-bond donors (Lipinski definition) is 2. The molecule has 3 saturated carbocycles. The molecule has 0 saturated heterocycles. The van der Waals surface area contributed by atoms with Gasteiger partial charge in [-0.25, -0.2) is 4.79 Å². The highest BCUT2D eigenvalue weighted by Gasteiger charge is 2.40. The van der Waals surface area contributed by atoms with E-state index in [0.29, 0.717) is 12.1 Å². The Morgan fingerprint density at radius 2 is 1.86 bits per heavy atom. The van der Waals surface area contributed by atoms with E-state index in [1.54, 1.807) is 0 Å². The van der Waals surface area contributed by atoms with E-state index in [1.807, 2.05) is 0 Å².